The van der Waals surface area contributed by atoms with Crippen LogP contribution in [-0.4, -0.2) is 22.6 Å². The summed E-state index contributed by atoms with van der Waals surface area (Å²) in [5.74, 6) is -0.519. The Kier molecular flexibility index (Phi) is 6.84. The summed E-state index contributed by atoms with van der Waals surface area (Å²) in [6, 6.07) is 17.5. The van der Waals surface area contributed by atoms with E-state index in [1.807, 2.05) is 61.5 Å². The number of hydrazine groups is 1. The van der Waals surface area contributed by atoms with E-state index in [9.17, 15) is 9.59 Å². The van der Waals surface area contributed by atoms with Crippen molar-refractivity contribution in [1.82, 2.24) is 15.8 Å². The van der Waals surface area contributed by atoms with Crippen LogP contribution in [0.25, 0.3) is 10.2 Å². The summed E-state index contributed by atoms with van der Waals surface area (Å²) in [4.78, 5) is 29.1. The minimum Gasteiger partial charge on any atom is -0.273 e. The number of aromatic nitrogens is 1. The standard InChI is InChI=1S/C20H21N3O2S2/c1-2-8-15(14-9-4-3-5-10-14)19(25)23-22-18(24)13-26-20-21-16-11-6-7-12-17(16)27-20/h3-7,9-12,15H,2,8,13H2,1H3,(H,22,24)(H,23,25). The SMILES string of the molecule is CCCC(C(=O)NNC(=O)CSc1nc2ccccc2s1)c1ccccc1. The number of thioether (sulfide) groups is 1. The lowest BCUT2D eigenvalue weighted by molar-refractivity contribution is -0.128. The molecule has 3 rings (SSSR count). The quantitative estimate of drug-likeness (QED) is 0.463. The third kappa shape index (κ3) is 5.30. The lowest BCUT2D eigenvalue weighted by atomic mass is 9.94. The van der Waals surface area contributed by atoms with Crippen LogP contribution in [0.1, 0.15) is 31.2 Å². The molecule has 0 aliphatic rings. The number of amides is 2. The molecule has 1 heterocycles. The average molecular weight is 400 g/mol. The number of hydrogen-bond acceptors (Lipinski definition) is 5. The fourth-order valence-corrected chi connectivity index (χ4v) is 4.59. The van der Waals surface area contributed by atoms with Gasteiger partial charge in [-0.2, -0.15) is 0 Å². The molecule has 5 nitrogen and oxygen atoms in total. The van der Waals surface area contributed by atoms with E-state index < -0.39 is 0 Å². The van der Waals surface area contributed by atoms with Gasteiger partial charge in [-0.25, -0.2) is 4.98 Å². The summed E-state index contributed by atoms with van der Waals surface area (Å²) in [7, 11) is 0. The highest BCUT2D eigenvalue weighted by Crippen LogP contribution is 2.29. The van der Waals surface area contributed by atoms with Gasteiger partial charge in [0.25, 0.3) is 0 Å². The van der Waals surface area contributed by atoms with Crippen molar-refractivity contribution in [3.63, 3.8) is 0 Å². The highest BCUT2D eigenvalue weighted by atomic mass is 32.2. The molecule has 2 aromatic carbocycles. The third-order valence-corrected chi connectivity index (χ3v) is 6.20. The second kappa shape index (κ2) is 9.53. The first-order chi connectivity index (χ1) is 13.2. The summed E-state index contributed by atoms with van der Waals surface area (Å²) in [5, 5.41) is 0. The van der Waals surface area contributed by atoms with E-state index in [0.717, 1.165) is 33.0 Å². The van der Waals surface area contributed by atoms with Crippen LogP contribution in [0.2, 0.25) is 0 Å². The first-order valence-electron chi connectivity index (χ1n) is 8.79. The largest absolute Gasteiger partial charge is 0.273 e. The Hall–Kier alpha value is -2.38. The maximum Gasteiger partial charge on any atom is 0.248 e. The van der Waals surface area contributed by atoms with Crippen LogP contribution in [0, 0.1) is 0 Å². The van der Waals surface area contributed by atoms with Crippen LogP contribution in [0.15, 0.2) is 58.9 Å². The van der Waals surface area contributed by atoms with E-state index in [0.29, 0.717) is 0 Å². The fourth-order valence-electron chi connectivity index (χ4n) is 2.72. The number of carbonyl (C=O) groups excluding carboxylic acids is 2. The van der Waals surface area contributed by atoms with E-state index in [4.69, 9.17) is 0 Å². The Morgan fingerprint density at radius 1 is 1.07 bits per heavy atom. The summed E-state index contributed by atoms with van der Waals surface area (Å²) in [5.41, 5.74) is 6.96. The van der Waals surface area contributed by atoms with Crippen molar-refractivity contribution >= 4 is 45.1 Å². The predicted octanol–water partition coefficient (Wildman–Crippen LogP) is 4.12. The van der Waals surface area contributed by atoms with Gasteiger partial charge in [0, 0.05) is 0 Å². The molecule has 1 atom stereocenters. The molecule has 140 valence electrons. The smallest absolute Gasteiger partial charge is 0.248 e. The van der Waals surface area contributed by atoms with E-state index in [-0.39, 0.29) is 23.5 Å². The number of nitrogens with one attached hydrogen (secondary N) is 2. The Balaban J connectivity index is 1.50. The summed E-state index contributed by atoms with van der Waals surface area (Å²) in [6.45, 7) is 2.04. The molecule has 0 aliphatic carbocycles. The van der Waals surface area contributed by atoms with Gasteiger partial charge in [-0.05, 0) is 24.1 Å². The monoisotopic (exact) mass is 399 g/mol. The zero-order chi connectivity index (χ0) is 19.1. The number of hydrogen-bond donors (Lipinski definition) is 2. The number of para-hydroxylation sites is 1. The van der Waals surface area contributed by atoms with Crippen LogP contribution in [0.5, 0.6) is 0 Å². The van der Waals surface area contributed by atoms with Crippen LogP contribution in [-0.2, 0) is 9.59 Å². The zero-order valence-electron chi connectivity index (χ0n) is 15.0. The molecule has 0 aliphatic heterocycles. The first kappa shape index (κ1) is 19.4. The van der Waals surface area contributed by atoms with Crippen molar-refractivity contribution in [3.05, 3.63) is 60.2 Å². The Morgan fingerprint density at radius 2 is 1.81 bits per heavy atom. The molecule has 2 N–H and O–H groups in total. The fraction of sp³-hybridized carbons (Fsp3) is 0.250. The number of fused-ring (bicyclic) bond motifs is 1. The summed E-state index contributed by atoms with van der Waals surface area (Å²) < 4.78 is 1.94. The average Bonchev–Trinajstić information content (AvgIpc) is 3.12. The molecular weight excluding hydrogens is 378 g/mol. The number of carbonyl (C=O) groups is 2. The predicted molar refractivity (Wildman–Crippen MR) is 111 cm³/mol. The zero-order valence-corrected chi connectivity index (χ0v) is 16.6. The van der Waals surface area contributed by atoms with Gasteiger partial charge in [-0.3, -0.25) is 20.4 Å². The van der Waals surface area contributed by atoms with Gasteiger partial charge in [0.2, 0.25) is 11.8 Å². The number of nitrogens with zero attached hydrogens (tertiary/aromatic N) is 1. The molecule has 0 radical (unpaired) electrons. The van der Waals surface area contributed by atoms with E-state index in [1.165, 1.54) is 11.8 Å². The van der Waals surface area contributed by atoms with E-state index >= 15 is 0 Å². The van der Waals surface area contributed by atoms with Crippen LogP contribution in [0.3, 0.4) is 0 Å². The molecule has 0 saturated heterocycles. The maximum atomic E-state index is 12.5. The normalized spacial score (nSPS) is 11.9. The maximum absolute atomic E-state index is 12.5. The second-order valence-electron chi connectivity index (χ2n) is 6.03. The molecule has 0 fully saturated rings. The third-order valence-electron chi connectivity index (χ3n) is 4.02. The Bertz CT molecular complexity index is 879. The highest BCUT2D eigenvalue weighted by Gasteiger charge is 2.20. The van der Waals surface area contributed by atoms with Crippen molar-refractivity contribution in [3.8, 4) is 0 Å². The summed E-state index contributed by atoms with van der Waals surface area (Å²) in [6.07, 6.45) is 1.61. The van der Waals surface area contributed by atoms with Crippen molar-refractivity contribution in [2.24, 2.45) is 0 Å². The first-order valence-corrected chi connectivity index (χ1v) is 10.6. The molecule has 1 unspecified atom stereocenters. The van der Waals surface area contributed by atoms with Crippen LogP contribution < -0.4 is 10.9 Å². The molecule has 0 bridgehead atoms. The number of rotatable bonds is 7. The van der Waals surface area contributed by atoms with Gasteiger partial charge in [0.15, 0.2) is 4.34 Å². The lowest BCUT2D eigenvalue weighted by Gasteiger charge is -2.16. The van der Waals surface area contributed by atoms with Crippen molar-refractivity contribution in [2.75, 3.05) is 5.75 Å². The summed E-state index contributed by atoms with van der Waals surface area (Å²) >= 11 is 2.92. The molecule has 0 spiro atoms. The van der Waals surface area contributed by atoms with Gasteiger partial charge in [-0.15, -0.1) is 11.3 Å². The number of thiazole rings is 1. The minimum absolute atomic E-state index is 0.193. The van der Waals surface area contributed by atoms with Crippen LogP contribution >= 0.6 is 23.1 Å². The van der Waals surface area contributed by atoms with Crippen LogP contribution in [0.4, 0.5) is 0 Å². The van der Waals surface area contributed by atoms with Gasteiger partial charge in [0.05, 0.1) is 21.9 Å². The molecule has 7 heteroatoms. The van der Waals surface area contributed by atoms with Crippen molar-refractivity contribution in [2.45, 2.75) is 30.0 Å². The highest BCUT2D eigenvalue weighted by molar-refractivity contribution is 8.01. The van der Waals surface area contributed by atoms with Gasteiger partial charge >= 0.3 is 0 Å². The molecule has 2 amide bonds. The van der Waals surface area contributed by atoms with Gasteiger partial charge in [-0.1, -0.05) is 67.6 Å². The molecular formula is C20H21N3O2S2. The molecule has 27 heavy (non-hydrogen) atoms. The van der Waals surface area contributed by atoms with E-state index in [2.05, 4.69) is 15.8 Å². The van der Waals surface area contributed by atoms with Gasteiger partial charge < -0.3 is 0 Å². The van der Waals surface area contributed by atoms with Crippen molar-refractivity contribution in [1.29, 1.82) is 0 Å². The second-order valence-corrected chi connectivity index (χ2v) is 8.28. The number of benzene rings is 2. The molecule has 1 aromatic heterocycles. The molecule has 0 saturated carbocycles. The van der Waals surface area contributed by atoms with E-state index in [1.54, 1.807) is 11.3 Å². The Morgan fingerprint density at radius 3 is 2.56 bits per heavy atom. The van der Waals surface area contributed by atoms with Crippen molar-refractivity contribution < 1.29 is 9.59 Å². The molecule has 3 aromatic rings. The minimum atomic E-state index is -0.270. The topological polar surface area (TPSA) is 71.1 Å². The Labute approximate surface area is 166 Å². The lowest BCUT2D eigenvalue weighted by Crippen LogP contribution is -2.44. The van der Waals surface area contributed by atoms with Gasteiger partial charge in [0.1, 0.15) is 0 Å².